The van der Waals surface area contributed by atoms with Crippen molar-refractivity contribution in [2.24, 2.45) is 0 Å². The Morgan fingerprint density at radius 1 is 1.17 bits per heavy atom. The van der Waals surface area contributed by atoms with Crippen LogP contribution in [0, 0.1) is 5.82 Å². The first-order chi connectivity index (χ1) is 14.0. The normalized spacial score (nSPS) is 20.1. The van der Waals surface area contributed by atoms with Crippen molar-refractivity contribution in [2.75, 3.05) is 11.5 Å². The predicted octanol–water partition coefficient (Wildman–Crippen LogP) is 3.02. The van der Waals surface area contributed by atoms with Crippen molar-refractivity contribution in [3.63, 3.8) is 0 Å². The van der Waals surface area contributed by atoms with E-state index in [9.17, 15) is 32.3 Å². The number of nitrogens with zero attached hydrogens (tertiary/aromatic N) is 3. The average molecular weight is 446 g/mol. The van der Waals surface area contributed by atoms with Crippen molar-refractivity contribution in [3.8, 4) is 0 Å². The smallest absolute Gasteiger partial charge is 0.394 e. The summed E-state index contributed by atoms with van der Waals surface area (Å²) >= 11 is 5.67. The first-order valence-corrected chi connectivity index (χ1v) is 9.14. The molecule has 30 heavy (non-hydrogen) atoms. The van der Waals surface area contributed by atoms with Crippen LogP contribution in [0.1, 0.15) is 18.1 Å². The summed E-state index contributed by atoms with van der Waals surface area (Å²) in [7, 11) is 0. The van der Waals surface area contributed by atoms with E-state index >= 15 is 0 Å². The van der Waals surface area contributed by atoms with Gasteiger partial charge in [0.05, 0.1) is 17.2 Å². The minimum atomic E-state index is -4.51. The summed E-state index contributed by atoms with van der Waals surface area (Å²) in [5.74, 6) is -2.71. The summed E-state index contributed by atoms with van der Waals surface area (Å²) < 4.78 is 52.5. The Bertz CT molecular complexity index is 968. The number of pyridine rings is 1. The van der Waals surface area contributed by atoms with Gasteiger partial charge in [0.25, 0.3) is 5.91 Å². The number of halogens is 5. The van der Waals surface area contributed by atoms with Crippen molar-refractivity contribution >= 4 is 29.2 Å². The molecule has 1 saturated heterocycles. The van der Waals surface area contributed by atoms with Gasteiger partial charge in [0.2, 0.25) is 5.91 Å². The van der Waals surface area contributed by atoms with Crippen LogP contribution in [-0.4, -0.2) is 45.5 Å². The number of hydrogen-bond donors (Lipinski definition) is 1. The Morgan fingerprint density at radius 3 is 2.33 bits per heavy atom. The minimum absolute atomic E-state index is 0.00215. The number of piperazine rings is 1. The number of carbonyl (C=O) groups excluding carboxylic acids is 2. The lowest BCUT2D eigenvalue weighted by atomic mass is 10.0. The highest BCUT2D eigenvalue weighted by atomic mass is 35.5. The molecule has 2 aromatic rings. The zero-order chi connectivity index (χ0) is 22.2. The molecule has 1 fully saturated rings. The molecule has 2 amide bonds. The van der Waals surface area contributed by atoms with Crippen LogP contribution in [-0.2, 0) is 22.3 Å². The molecule has 1 aromatic heterocycles. The van der Waals surface area contributed by atoms with Gasteiger partial charge in [-0.3, -0.25) is 14.5 Å². The fourth-order valence-corrected chi connectivity index (χ4v) is 3.37. The maximum atomic E-state index is 14.3. The lowest BCUT2D eigenvalue weighted by Gasteiger charge is -2.42. The molecule has 11 heteroatoms. The van der Waals surface area contributed by atoms with E-state index in [1.54, 1.807) is 0 Å². The Hall–Kier alpha value is -2.72. The molecule has 3 rings (SSSR count). The van der Waals surface area contributed by atoms with Crippen LogP contribution < -0.4 is 4.90 Å². The van der Waals surface area contributed by atoms with E-state index < -0.39 is 53.9 Å². The fraction of sp³-hybridized carbons (Fsp3) is 0.316. The average Bonchev–Trinajstić information content (AvgIpc) is 2.67. The van der Waals surface area contributed by atoms with Gasteiger partial charge in [-0.05, 0) is 30.7 Å². The minimum Gasteiger partial charge on any atom is -0.394 e. The number of aliphatic hydroxyl groups is 1. The van der Waals surface area contributed by atoms with Crippen molar-refractivity contribution in [3.05, 3.63) is 58.5 Å². The summed E-state index contributed by atoms with van der Waals surface area (Å²) in [4.78, 5) is 31.5. The van der Waals surface area contributed by atoms with Gasteiger partial charge < -0.3 is 10.0 Å². The highest BCUT2D eigenvalue weighted by Crippen LogP contribution is 2.31. The molecule has 2 atom stereocenters. The number of rotatable bonds is 4. The van der Waals surface area contributed by atoms with Crippen LogP contribution in [0.15, 0.2) is 36.5 Å². The predicted molar refractivity (Wildman–Crippen MR) is 99.0 cm³/mol. The summed E-state index contributed by atoms with van der Waals surface area (Å²) in [5, 5.41) is 9.72. The quantitative estimate of drug-likeness (QED) is 0.734. The number of aliphatic hydroxyl groups excluding tert-OH is 1. The molecule has 0 saturated carbocycles. The molecule has 1 aromatic carbocycles. The van der Waals surface area contributed by atoms with Gasteiger partial charge in [-0.25, -0.2) is 9.37 Å². The zero-order valence-corrected chi connectivity index (χ0v) is 16.3. The van der Waals surface area contributed by atoms with E-state index in [2.05, 4.69) is 4.98 Å². The Kier molecular flexibility index (Phi) is 6.00. The molecule has 0 radical (unpaired) electrons. The van der Waals surface area contributed by atoms with Crippen molar-refractivity contribution in [1.82, 2.24) is 9.88 Å². The van der Waals surface area contributed by atoms with E-state index in [0.717, 1.165) is 34.2 Å². The Balaban J connectivity index is 1.89. The molecule has 2 heterocycles. The number of carbonyl (C=O) groups is 2. The van der Waals surface area contributed by atoms with Crippen LogP contribution in [0.3, 0.4) is 0 Å². The lowest BCUT2D eigenvalue weighted by Crippen LogP contribution is -2.65. The number of anilines is 1. The topological polar surface area (TPSA) is 73.7 Å². The summed E-state index contributed by atoms with van der Waals surface area (Å²) in [6.07, 6.45) is -3.39. The van der Waals surface area contributed by atoms with Gasteiger partial charge in [-0.15, -0.1) is 0 Å². The van der Waals surface area contributed by atoms with Crippen LogP contribution in [0.2, 0.25) is 5.02 Å². The van der Waals surface area contributed by atoms with Crippen LogP contribution in [0.5, 0.6) is 0 Å². The van der Waals surface area contributed by atoms with Crippen LogP contribution in [0.4, 0.5) is 23.4 Å². The largest absolute Gasteiger partial charge is 0.416 e. The Morgan fingerprint density at radius 2 is 1.80 bits per heavy atom. The van der Waals surface area contributed by atoms with Gasteiger partial charge in [0, 0.05) is 12.7 Å². The number of amides is 2. The first kappa shape index (κ1) is 22.0. The molecule has 1 aliphatic rings. The second-order valence-electron chi connectivity index (χ2n) is 6.70. The van der Waals surface area contributed by atoms with E-state index in [4.69, 9.17) is 11.6 Å². The standard InChI is InChI=1S/C19H16ClF4N3O3/c1-10-17(29)26(8-11-2-4-12(5-3-11)19(22,23)24)15(9-28)18(30)27(10)16-14(21)6-13(20)7-25-16/h2-7,10,15,28H,8-9H2,1H3/t10-,15-/m0/s1. The molecule has 6 nitrogen and oxygen atoms in total. The maximum absolute atomic E-state index is 14.3. The molecular weight excluding hydrogens is 430 g/mol. The Labute approximate surface area is 173 Å². The van der Waals surface area contributed by atoms with Crippen molar-refractivity contribution < 1.29 is 32.3 Å². The van der Waals surface area contributed by atoms with Crippen molar-refractivity contribution in [2.45, 2.75) is 31.7 Å². The van der Waals surface area contributed by atoms with E-state index in [1.165, 1.54) is 19.1 Å². The number of alkyl halides is 3. The summed E-state index contributed by atoms with van der Waals surface area (Å²) in [6.45, 7) is 0.398. The van der Waals surface area contributed by atoms with Crippen molar-refractivity contribution in [1.29, 1.82) is 0 Å². The number of benzene rings is 1. The van der Waals surface area contributed by atoms with Gasteiger partial charge in [-0.2, -0.15) is 13.2 Å². The second kappa shape index (κ2) is 8.19. The molecule has 1 N–H and O–H groups in total. The zero-order valence-electron chi connectivity index (χ0n) is 15.5. The SMILES string of the molecule is C[C@H]1C(=O)N(Cc2ccc(C(F)(F)F)cc2)[C@@H](CO)C(=O)N1c1ncc(Cl)cc1F. The maximum Gasteiger partial charge on any atom is 0.416 e. The van der Waals surface area contributed by atoms with E-state index in [1.807, 2.05) is 0 Å². The van der Waals surface area contributed by atoms with E-state index in [-0.39, 0.29) is 11.6 Å². The first-order valence-electron chi connectivity index (χ1n) is 8.76. The molecule has 0 aliphatic carbocycles. The third-order valence-electron chi connectivity index (χ3n) is 4.75. The molecule has 0 spiro atoms. The molecule has 0 bridgehead atoms. The van der Waals surface area contributed by atoms with Gasteiger partial charge in [-0.1, -0.05) is 23.7 Å². The van der Waals surface area contributed by atoms with Gasteiger partial charge in [0.1, 0.15) is 12.1 Å². The third-order valence-corrected chi connectivity index (χ3v) is 4.96. The summed E-state index contributed by atoms with van der Waals surface area (Å²) in [5.41, 5.74) is -0.520. The molecule has 1 aliphatic heterocycles. The van der Waals surface area contributed by atoms with Crippen LogP contribution >= 0.6 is 11.6 Å². The molecule has 0 unspecified atom stereocenters. The highest BCUT2D eigenvalue weighted by Gasteiger charge is 2.45. The lowest BCUT2D eigenvalue weighted by molar-refractivity contribution is -0.148. The fourth-order valence-electron chi connectivity index (χ4n) is 3.22. The second-order valence-corrected chi connectivity index (χ2v) is 7.14. The molecule has 160 valence electrons. The monoisotopic (exact) mass is 445 g/mol. The van der Waals surface area contributed by atoms with Gasteiger partial charge in [0.15, 0.2) is 11.6 Å². The third kappa shape index (κ3) is 4.10. The van der Waals surface area contributed by atoms with E-state index in [0.29, 0.717) is 5.56 Å². The van der Waals surface area contributed by atoms with Gasteiger partial charge >= 0.3 is 6.18 Å². The summed E-state index contributed by atoms with van der Waals surface area (Å²) in [6, 6.07) is 2.53. The highest BCUT2D eigenvalue weighted by molar-refractivity contribution is 6.30. The van der Waals surface area contributed by atoms with Crippen LogP contribution in [0.25, 0.3) is 0 Å². The number of hydrogen-bond acceptors (Lipinski definition) is 4. The number of aromatic nitrogens is 1. The molecular formula is C19H16ClF4N3O3.